The van der Waals surface area contributed by atoms with Gasteiger partial charge in [-0.3, -0.25) is 0 Å². The minimum atomic E-state index is 0. The van der Waals surface area contributed by atoms with Gasteiger partial charge in [-0.25, -0.2) is 4.99 Å². The fourth-order valence-electron chi connectivity index (χ4n) is 1.94. The number of hydrogen-bond donors (Lipinski definition) is 0. The van der Waals surface area contributed by atoms with Gasteiger partial charge in [-0.2, -0.15) is 0 Å². The smallest absolute Gasteiger partial charge is 0.0742 e. The zero-order valence-corrected chi connectivity index (χ0v) is 7.99. The van der Waals surface area contributed by atoms with Crippen LogP contribution in [0.25, 0.3) is 5.57 Å². The molecule has 0 bridgehead atoms. The molecule has 1 aromatic rings. The molecule has 0 saturated heterocycles. The number of aryl methyl sites for hydroxylation is 1. The van der Waals surface area contributed by atoms with E-state index in [1.54, 1.807) is 0 Å². The summed E-state index contributed by atoms with van der Waals surface area (Å²) in [4.78, 5) is 4.61. The molecule has 0 fully saturated rings. The predicted molar refractivity (Wildman–Crippen MR) is 59.0 cm³/mol. The van der Waals surface area contributed by atoms with Crippen LogP contribution < -0.4 is 10.6 Å². The summed E-state index contributed by atoms with van der Waals surface area (Å²) in [7, 11) is 0. The molecule has 0 atom stereocenters. The predicted octanol–water partition coefficient (Wildman–Crippen LogP) is 1.68. The lowest BCUT2D eigenvalue weighted by Crippen LogP contribution is -2.25. The van der Waals surface area contributed by atoms with Crippen LogP contribution in [0.3, 0.4) is 0 Å². The van der Waals surface area contributed by atoms with Gasteiger partial charge in [0, 0.05) is 13.1 Å². The van der Waals surface area contributed by atoms with Crippen molar-refractivity contribution in [3.05, 3.63) is 64.7 Å². The first-order chi connectivity index (χ1) is 6.86. The van der Waals surface area contributed by atoms with Crippen LogP contribution in [0.1, 0.15) is 6.99 Å². The van der Waals surface area contributed by atoms with Crippen molar-refractivity contribution < 1.29 is 1.43 Å². The summed E-state index contributed by atoms with van der Waals surface area (Å²) in [6.07, 6.45) is 8.29. The first-order valence-corrected chi connectivity index (χ1v) is 4.77. The summed E-state index contributed by atoms with van der Waals surface area (Å²) in [6, 6.07) is 6.33. The molecule has 0 saturated carbocycles. The van der Waals surface area contributed by atoms with E-state index in [0.29, 0.717) is 0 Å². The molecule has 0 N–H and O–H groups in total. The zero-order valence-electron chi connectivity index (χ0n) is 7.99. The van der Waals surface area contributed by atoms with Gasteiger partial charge in [-0.15, -0.1) is 0 Å². The van der Waals surface area contributed by atoms with Crippen molar-refractivity contribution in [2.75, 3.05) is 0 Å². The third-order valence-corrected chi connectivity index (χ3v) is 2.66. The van der Waals surface area contributed by atoms with Gasteiger partial charge in [0.15, 0.2) is 0 Å². The van der Waals surface area contributed by atoms with Crippen molar-refractivity contribution in [3.63, 3.8) is 0 Å². The fourth-order valence-corrected chi connectivity index (χ4v) is 1.94. The molecule has 0 aromatic heterocycles. The molecular formula is C13H12N. The molecule has 0 spiro atoms. The normalized spacial score (nSPS) is 17.2. The maximum Gasteiger partial charge on any atom is 0.0742 e. The Morgan fingerprint density at radius 1 is 1.21 bits per heavy atom. The van der Waals surface area contributed by atoms with Gasteiger partial charge in [0.05, 0.1) is 11.1 Å². The fraction of sp³-hybridized carbons (Fsp3) is 0.0769. The molecule has 1 nitrogen and oxygen atoms in total. The number of allylic oxidation sites excluding steroid dienone is 4. The zero-order chi connectivity index (χ0) is 9.54. The Balaban J connectivity index is 0.000000853. The van der Waals surface area contributed by atoms with Crippen molar-refractivity contribution in [2.24, 2.45) is 4.99 Å². The van der Waals surface area contributed by atoms with E-state index in [1.165, 1.54) is 16.4 Å². The number of fused-ring (bicyclic) bond motifs is 2. The molecule has 1 heterocycles. The summed E-state index contributed by atoms with van der Waals surface area (Å²) in [5.74, 6) is 0. The molecule has 14 heavy (non-hydrogen) atoms. The maximum absolute atomic E-state index is 4.61. The lowest BCUT2D eigenvalue weighted by atomic mass is 10.0. The van der Waals surface area contributed by atoms with Crippen LogP contribution in [0, 0.1) is 13.3 Å². The lowest BCUT2D eigenvalue weighted by molar-refractivity contribution is 1.25. The van der Waals surface area contributed by atoms with E-state index in [9.17, 15) is 0 Å². The molecule has 0 amide bonds. The van der Waals surface area contributed by atoms with E-state index in [-0.39, 0.29) is 1.43 Å². The molecule has 2 aliphatic rings. The number of benzene rings is 1. The third kappa shape index (κ3) is 0.925. The summed E-state index contributed by atoms with van der Waals surface area (Å²) in [5.41, 5.74) is 3.60. The van der Waals surface area contributed by atoms with Crippen molar-refractivity contribution in [3.8, 4) is 0 Å². The Kier molecular flexibility index (Phi) is 1.48. The minimum absolute atomic E-state index is 0. The second-order valence-electron chi connectivity index (χ2n) is 3.60. The molecule has 69 valence electrons. The van der Waals surface area contributed by atoms with Crippen molar-refractivity contribution in [1.82, 2.24) is 0 Å². The SMILES string of the molecule is Cc1cccc2c1=NC1=CC=C[CH]C=21.[HH]. The van der Waals surface area contributed by atoms with Crippen LogP contribution in [0.2, 0.25) is 0 Å². The van der Waals surface area contributed by atoms with E-state index in [2.05, 4.69) is 48.7 Å². The summed E-state index contributed by atoms with van der Waals surface area (Å²) >= 11 is 0. The summed E-state index contributed by atoms with van der Waals surface area (Å²) in [6.45, 7) is 2.11. The highest BCUT2D eigenvalue weighted by atomic mass is 14.8. The van der Waals surface area contributed by atoms with E-state index in [1.807, 2.05) is 6.08 Å². The van der Waals surface area contributed by atoms with Crippen LogP contribution in [0.5, 0.6) is 0 Å². The van der Waals surface area contributed by atoms with Gasteiger partial charge in [0.1, 0.15) is 0 Å². The Hall–Kier alpha value is -1.63. The molecule has 3 rings (SSSR count). The van der Waals surface area contributed by atoms with Gasteiger partial charge in [0.25, 0.3) is 0 Å². The van der Waals surface area contributed by atoms with Gasteiger partial charge < -0.3 is 0 Å². The van der Waals surface area contributed by atoms with Crippen LogP contribution in [0.15, 0.2) is 47.1 Å². The van der Waals surface area contributed by atoms with Crippen molar-refractivity contribution in [2.45, 2.75) is 6.92 Å². The number of rotatable bonds is 0. The highest BCUT2D eigenvalue weighted by Crippen LogP contribution is 2.21. The molecule has 1 heteroatoms. The quantitative estimate of drug-likeness (QED) is 0.579. The Morgan fingerprint density at radius 2 is 2.14 bits per heavy atom. The van der Waals surface area contributed by atoms with Crippen molar-refractivity contribution in [1.29, 1.82) is 0 Å². The Morgan fingerprint density at radius 3 is 3.07 bits per heavy atom. The minimum Gasteiger partial charge on any atom is -0.248 e. The topological polar surface area (TPSA) is 12.4 Å². The van der Waals surface area contributed by atoms with Crippen LogP contribution >= 0.6 is 0 Å². The lowest BCUT2D eigenvalue weighted by Gasteiger charge is -2.02. The maximum atomic E-state index is 4.61. The molecule has 1 aromatic carbocycles. The molecular weight excluding hydrogens is 170 g/mol. The Bertz CT molecular complexity index is 579. The largest absolute Gasteiger partial charge is 0.248 e. The third-order valence-electron chi connectivity index (χ3n) is 2.66. The standard InChI is InChI=1S/C13H10N.H2/c1-9-5-4-7-11-10-6-2-3-8-12(10)14-13(9)11;/h2-8H,1H3;1H. The molecule has 1 radical (unpaired) electrons. The van der Waals surface area contributed by atoms with Gasteiger partial charge in [-0.05, 0) is 24.1 Å². The summed E-state index contributed by atoms with van der Waals surface area (Å²) in [5, 5.41) is 2.40. The van der Waals surface area contributed by atoms with E-state index >= 15 is 0 Å². The first kappa shape index (κ1) is 7.74. The number of para-hydroxylation sites is 1. The molecule has 0 unspecified atom stereocenters. The van der Waals surface area contributed by atoms with E-state index in [0.717, 1.165) is 11.1 Å². The van der Waals surface area contributed by atoms with Crippen LogP contribution in [0.4, 0.5) is 0 Å². The second kappa shape index (κ2) is 2.68. The van der Waals surface area contributed by atoms with Crippen molar-refractivity contribution >= 4 is 5.57 Å². The summed E-state index contributed by atoms with van der Waals surface area (Å²) < 4.78 is 0. The highest BCUT2D eigenvalue weighted by Gasteiger charge is 2.13. The van der Waals surface area contributed by atoms with Crippen LogP contribution in [-0.2, 0) is 0 Å². The van der Waals surface area contributed by atoms with E-state index < -0.39 is 0 Å². The first-order valence-electron chi connectivity index (χ1n) is 4.77. The average molecular weight is 182 g/mol. The molecule has 1 aliphatic heterocycles. The number of nitrogens with zero attached hydrogens (tertiary/aromatic N) is 1. The average Bonchev–Trinajstić information content (AvgIpc) is 2.59. The second-order valence-corrected chi connectivity index (χ2v) is 3.60. The highest BCUT2D eigenvalue weighted by molar-refractivity contribution is 5.76. The number of hydrogen-bond acceptors (Lipinski definition) is 1. The van der Waals surface area contributed by atoms with Gasteiger partial charge in [0.2, 0.25) is 0 Å². The van der Waals surface area contributed by atoms with E-state index in [4.69, 9.17) is 0 Å². The Labute approximate surface area is 84.3 Å². The van der Waals surface area contributed by atoms with Gasteiger partial charge >= 0.3 is 0 Å². The van der Waals surface area contributed by atoms with Crippen LogP contribution in [-0.4, -0.2) is 0 Å². The molecule has 1 aliphatic carbocycles. The monoisotopic (exact) mass is 182 g/mol. The van der Waals surface area contributed by atoms with Gasteiger partial charge in [-0.1, -0.05) is 30.4 Å².